The fourth-order valence-electron chi connectivity index (χ4n) is 1.80. The first-order valence-electron chi connectivity index (χ1n) is 9.01. The van der Waals surface area contributed by atoms with E-state index in [1.807, 2.05) is 0 Å². The van der Waals surface area contributed by atoms with Gasteiger partial charge in [0, 0.05) is 32.9 Å². The molecule has 5 N–H and O–H groups in total. The zero-order valence-corrected chi connectivity index (χ0v) is 18.7. The third kappa shape index (κ3) is 14.2. The maximum absolute atomic E-state index is 11.3. The predicted octanol–water partition coefficient (Wildman–Crippen LogP) is -0.230. The van der Waals surface area contributed by atoms with Crippen molar-refractivity contribution in [3.8, 4) is 0 Å². The van der Waals surface area contributed by atoms with E-state index in [2.05, 4.69) is 23.6 Å². The lowest BCUT2D eigenvalue weighted by atomic mass is 9.98. The van der Waals surface area contributed by atoms with E-state index < -0.39 is 11.5 Å². The van der Waals surface area contributed by atoms with Crippen LogP contribution in [0.2, 0.25) is 0 Å². The minimum atomic E-state index is -0.487. The molecule has 10 nitrogen and oxygen atoms in total. The van der Waals surface area contributed by atoms with Crippen LogP contribution in [0, 0.1) is 4.77 Å². The molecule has 13 heteroatoms. The van der Waals surface area contributed by atoms with Gasteiger partial charge in [-0.15, -0.1) is 0 Å². The molecule has 30 heavy (non-hydrogen) atoms. The number of aromatic amines is 1. The van der Waals surface area contributed by atoms with Gasteiger partial charge in [-0.2, -0.15) is 0 Å². The summed E-state index contributed by atoms with van der Waals surface area (Å²) in [5.74, 6) is -0.470. The molecule has 2 atom stereocenters. The standard InChI is InChI=1S/C9H9BN2O3S.C3H6BNO2.C3H8.2CH4O/c10-6-1-2-7(15-6)12-3-5(4-13)8(14)11-9(12)16;4-2-7-3(6)1-5;1-3-2;2*1-2/h3-4,6-7H,1-2H2,(H,11,14,16);1-2,5H2;3H2,1-2H3;2*2H,1H3/t6-,7+;;;;/m0..../s1. The smallest absolute Gasteiger partial charge is 0.318 e. The van der Waals surface area contributed by atoms with Crippen molar-refractivity contribution in [1.29, 1.82) is 0 Å². The molecule has 0 amide bonds. The fraction of sp³-hybridized carbons (Fsp3) is 0.647. The van der Waals surface area contributed by atoms with Gasteiger partial charge in [0.25, 0.3) is 5.56 Å². The monoisotopic (exact) mass is 443 g/mol. The quantitative estimate of drug-likeness (QED) is 0.214. The molecule has 4 radical (unpaired) electrons. The van der Waals surface area contributed by atoms with Crippen LogP contribution in [0.4, 0.5) is 0 Å². The number of nitrogens with zero attached hydrogens (tertiary/aromatic N) is 1. The molecule has 0 bridgehead atoms. The van der Waals surface area contributed by atoms with Gasteiger partial charge >= 0.3 is 5.97 Å². The number of aldehydes is 1. The van der Waals surface area contributed by atoms with E-state index in [4.69, 9.17) is 48.6 Å². The Morgan fingerprint density at radius 1 is 1.40 bits per heavy atom. The zero-order valence-electron chi connectivity index (χ0n) is 17.9. The number of esters is 1. The Morgan fingerprint density at radius 3 is 2.27 bits per heavy atom. The lowest BCUT2D eigenvalue weighted by Crippen LogP contribution is -2.21. The van der Waals surface area contributed by atoms with Crippen LogP contribution >= 0.6 is 12.2 Å². The number of aromatic nitrogens is 2. The van der Waals surface area contributed by atoms with Gasteiger partial charge in [-0.05, 0) is 25.1 Å². The molecular weight excluding hydrogens is 412 g/mol. The molecule has 2 heterocycles. The van der Waals surface area contributed by atoms with Crippen molar-refractivity contribution in [1.82, 2.24) is 9.55 Å². The Bertz CT molecular complexity index is 686. The van der Waals surface area contributed by atoms with E-state index in [0.29, 0.717) is 12.7 Å². The second-order valence-electron chi connectivity index (χ2n) is 5.17. The molecule has 0 aliphatic carbocycles. The number of aliphatic hydroxyl groups is 2. The van der Waals surface area contributed by atoms with Crippen LogP contribution in [0.5, 0.6) is 0 Å². The number of nitrogens with two attached hydrogens (primary N) is 1. The maximum Gasteiger partial charge on any atom is 0.318 e. The first kappa shape index (κ1) is 32.9. The van der Waals surface area contributed by atoms with E-state index in [0.717, 1.165) is 20.6 Å². The van der Waals surface area contributed by atoms with Crippen LogP contribution in [0.1, 0.15) is 49.7 Å². The number of carbonyl (C=O) groups excluding carboxylic acids is 2. The molecular formula is C17H31B2N3O7S. The summed E-state index contributed by atoms with van der Waals surface area (Å²) in [6.07, 6.45) is 4.26. The highest BCUT2D eigenvalue weighted by molar-refractivity contribution is 7.71. The summed E-state index contributed by atoms with van der Waals surface area (Å²) in [4.78, 5) is 34.3. The lowest BCUT2D eigenvalue weighted by Gasteiger charge is -2.15. The average Bonchev–Trinajstić information content (AvgIpc) is 3.18. The Morgan fingerprint density at radius 2 is 1.93 bits per heavy atom. The average molecular weight is 443 g/mol. The highest BCUT2D eigenvalue weighted by atomic mass is 32.1. The molecule has 1 aromatic heterocycles. The summed E-state index contributed by atoms with van der Waals surface area (Å²) in [7, 11) is 12.4. The molecule has 1 aliphatic heterocycles. The van der Waals surface area contributed by atoms with E-state index in [-0.39, 0.29) is 35.6 Å². The van der Waals surface area contributed by atoms with E-state index in [1.165, 1.54) is 12.6 Å². The van der Waals surface area contributed by atoms with Gasteiger partial charge in [0.15, 0.2) is 11.1 Å². The largest absolute Gasteiger partial charge is 0.475 e. The van der Waals surface area contributed by atoms with Crippen LogP contribution in [0.25, 0.3) is 0 Å². The second-order valence-corrected chi connectivity index (χ2v) is 5.56. The lowest BCUT2D eigenvalue weighted by molar-refractivity contribution is -0.139. The van der Waals surface area contributed by atoms with Crippen LogP contribution in [0.15, 0.2) is 11.0 Å². The Balaban J connectivity index is -0.000000438. The molecule has 1 saturated heterocycles. The topological polar surface area (TPSA) is 157 Å². The van der Waals surface area contributed by atoms with E-state index in [1.54, 1.807) is 4.57 Å². The zero-order chi connectivity index (χ0) is 24.1. The van der Waals surface area contributed by atoms with Gasteiger partial charge in [0.2, 0.25) is 0 Å². The van der Waals surface area contributed by atoms with Gasteiger partial charge in [0.1, 0.15) is 21.9 Å². The number of nitrogens with one attached hydrogen (secondary N) is 1. The van der Waals surface area contributed by atoms with Gasteiger partial charge in [-0.1, -0.05) is 20.3 Å². The highest BCUT2D eigenvalue weighted by Crippen LogP contribution is 2.26. The highest BCUT2D eigenvalue weighted by Gasteiger charge is 2.23. The molecule has 0 saturated carbocycles. The van der Waals surface area contributed by atoms with Crippen LogP contribution in [0.3, 0.4) is 0 Å². The summed E-state index contributed by atoms with van der Waals surface area (Å²) >= 11 is 4.99. The Hall–Kier alpha value is -1.79. The Kier molecular flexibility index (Phi) is 24.0. The van der Waals surface area contributed by atoms with Gasteiger partial charge in [-0.25, -0.2) is 0 Å². The van der Waals surface area contributed by atoms with Crippen LogP contribution < -0.4 is 11.3 Å². The molecule has 1 aliphatic rings. The number of hydrogen-bond acceptors (Lipinski definition) is 9. The number of rotatable bonds is 4. The van der Waals surface area contributed by atoms with Crippen molar-refractivity contribution in [3.63, 3.8) is 0 Å². The fourth-order valence-corrected chi connectivity index (χ4v) is 2.06. The van der Waals surface area contributed by atoms with Gasteiger partial charge in [0.05, 0.1) is 12.1 Å². The SMILES string of the molecule is CCC.CO.CO.[B]COC(=O)CN.[B][C@@H]1CC[C@H](n2cc(C=O)c(=O)[nH]c2=S)O1. The number of H-pyrrole nitrogens is 1. The second kappa shape index (κ2) is 21.9. The summed E-state index contributed by atoms with van der Waals surface area (Å²) in [5.41, 5.74) is 4.37. The third-order valence-corrected chi connectivity index (χ3v) is 3.19. The third-order valence-electron chi connectivity index (χ3n) is 2.87. The maximum atomic E-state index is 11.3. The molecule has 0 unspecified atom stereocenters. The Labute approximate surface area is 184 Å². The number of aliphatic hydroxyl groups excluding tert-OH is 2. The minimum absolute atomic E-state index is 0.0256. The predicted molar refractivity (Wildman–Crippen MR) is 118 cm³/mol. The first-order chi connectivity index (χ1) is 14.3. The van der Waals surface area contributed by atoms with Crippen molar-refractivity contribution in [2.24, 2.45) is 5.73 Å². The van der Waals surface area contributed by atoms with Crippen molar-refractivity contribution in [3.05, 3.63) is 26.9 Å². The number of ether oxygens (including phenoxy) is 2. The molecule has 1 fully saturated rings. The molecule has 0 aromatic carbocycles. The normalized spacial score (nSPS) is 16.0. The summed E-state index contributed by atoms with van der Waals surface area (Å²) in [5, 5.41) is 14.0. The van der Waals surface area contributed by atoms with Crippen molar-refractivity contribution >= 4 is 40.2 Å². The van der Waals surface area contributed by atoms with Crippen molar-refractivity contribution in [2.75, 3.05) is 27.3 Å². The van der Waals surface area contributed by atoms with E-state index >= 15 is 0 Å². The molecule has 168 valence electrons. The van der Waals surface area contributed by atoms with Crippen molar-refractivity contribution < 1.29 is 29.3 Å². The van der Waals surface area contributed by atoms with Crippen LogP contribution in [-0.2, 0) is 14.3 Å². The van der Waals surface area contributed by atoms with E-state index in [9.17, 15) is 14.4 Å². The summed E-state index contributed by atoms with van der Waals surface area (Å²) in [6.45, 7) is 4.06. The number of hydrogen-bond donors (Lipinski definition) is 4. The summed E-state index contributed by atoms with van der Waals surface area (Å²) in [6, 6.07) is -0.321. The molecule has 0 spiro atoms. The van der Waals surface area contributed by atoms with Crippen LogP contribution in [-0.4, -0.2) is 81.0 Å². The summed E-state index contributed by atoms with van der Waals surface area (Å²) < 4.78 is 11.4. The van der Waals surface area contributed by atoms with Gasteiger partial charge < -0.3 is 25.4 Å². The molecule has 2 rings (SSSR count). The molecule has 1 aromatic rings. The minimum Gasteiger partial charge on any atom is -0.475 e. The number of carbonyl (C=O) groups is 2. The van der Waals surface area contributed by atoms with Crippen molar-refractivity contribution in [2.45, 2.75) is 45.3 Å². The first-order valence-corrected chi connectivity index (χ1v) is 9.42. The van der Waals surface area contributed by atoms with Gasteiger partial charge in [-0.3, -0.25) is 23.9 Å².